The number of nitrogens with zero attached hydrogens (tertiary/aromatic N) is 2. The molecule has 0 fully saturated rings. The summed E-state index contributed by atoms with van der Waals surface area (Å²) in [4.78, 5) is 18.5. The van der Waals surface area contributed by atoms with Crippen LogP contribution in [0.15, 0.2) is 36.5 Å². The van der Waals surface area contributed by atoms with Crippen molar-refractivity contribution in [2.45, 2.75) is 13.8 Å². The summed E-state index contributed by atoms with van der Waals surface area (Å²) >= 11 is 7.36. The highest BCUT2D eigenvalue weighted by Gasteiger charge is 2.17. The second-order valence-corrected chi connectivity index (χ2v) is 10.1. The summed E-state index contributed by atoms with van der Waals surface area (Å²) in [7, 11) is -3.48. The molecule has 0 spiro atoms. The molecule has 0 saturated heterocycles. The second-order valence-electron chi connectivity index (χ2n) is 6.64. The van der Waals surface area contributed by atoms with Crippen LogP contribution in [0.2, 0.25) is 5.02 Å². The number of nitriles is 1. The Morgan fingerprint density at radius 2 is 1.87 bits per heavy atom. The first-order valence-corrected chi connectivity index (χ1v) is 11.7. The maximum Gasteiger partial charge on any atom is 0.265 e. The van der Waals surface area contributed by atoms with E-state index in [1.807, 2.05) is 13.8 Å². The number of rotatable bonds is 5. The average molecular weight is 461 g/mol. The standard InChI is InChI=1S/C20H17ClN4O3S2/c1-11-4-13(9-22)10-23-19(11)17-8-18(29-12(17)2)20(26)24-15-5-14(21)6-16(7-15)25-30(3,27)28/h4-8,10,25H,1-3H3,(H,24,26). The highest BCUT2D eigenvalue weighted by Crippen LogP contribution is 2.32. The number of hydrogen-bond acceptors (Lipinski definition) is 6. The Kier molecular flexibility index (Phi) is 6.12. The topological polar surface area (TPSA) is 112 Å². The molecule has 30 heavy (non-hydrogen) atoms. The SMILES string of the molecule is Cc1cc(C#N)cnc1-c1cc(C(=O)Nc2cc(Cl)cc(NS(C)(=O)=O)c2)sc1C. The quantitative estimate of drug-likeness (QED) is 0.578. The van der Waals surface area contributed by atoms with Crippen molar-refractivity contribution in [1.82, 2.24) is 4.98 Å². The van der Waals surface area contributed by atoms with Gasteiger partial charge < -0.3 is 5.32 Å². The number of thiophene rings is 1. The minimum Gasteiger partial charge on any atom is -0.321 e. The van der Waals surface area contributed by atoms with Gasteiger partial charge in [-0.25, -0.2) is 8.42 Å². The van der Waals surface area contributed by atoms with Gasteiger partial charge in [0.2, 0.25) is 10.0 Å². The number of carbonyl (C=O) groups excluding carboxylic acids is 1. The summed E-state index contributed by atoms with van der Waals surface area (Å²) in [6, 6.07) is 10.0. The van der Waals surface area contributed by atoms with Crippen LogP contribution in [0, 0.1) is 25.2 Å². The van der Waals surface area contributed by atoms with Crippen LogP contribution in [0.4, 0.5) is 11.4 Å². The molecule has 1 amide bonds. The van der Waals surface area contributed by atoms with E-state index >= 15 is 0 Å². The summed E-state index contributed by atoms with van der Waals surface area (Å²) in [5, 5.41) is 12.0. The van der Waals surface area contributed by atoms with Crippen molar-refractivity contribution in [3.05, 3.63) is 62.4 Å². The number of amides is 1. The molecule has 154 valence electrons. The van der Waals surface area contributed by atoms with Gasteiger partial charge in [0.1, 0.15) is 6.07 Å². The fraction of sp³-hybridized carbons (Fsp3) is 0.150. The van der Waals surface area contributed by atoms with Gasteiger partial charge in [-0.15, -0.1) is 11.3 Å². The monoisotopic (exact) mass is 460 g/mol. The molecule has 0 unspecified atom stereocenters. The molecule has 2 heterocycles. The van der Waals surface area contributed by atoms with Crippen molar-refractivity contribution in [1.29, 1.82) is 5.26 Å². The molecule has 3 aromatic rings. The maximum absolute atomic E-state index is 12.8. The van der Waals surface area contributed by atoms with Gasteiger partial charge in [-0.3, -0.25) is 14.5 Å². The second kappa shape index (κ2) is 8.44. The first kappa shape index (κ1) is 21.8. The van der Waals surface area contributed by atoms with Crippen LogP contribution in [0.25, 0.3) is 11.3 Å². The molecule has 0 radical (unpaired) electrons. The smallest absolute Gasteiger partial charge is 0.265 e. The minimum atomic E-state index is -3.48. The lowest BCUT2D eigenvalue weighted by molar-refractivity contribution is 0.103. The van der Waals surface area contributed by atoms with Crippen LogP contribution in [0.3, 0.4) is 0 Å². The third-order valence-electron chi connectivity index (χ3n) is 4.06. The number of halogens is 1. The van der Waals surface area contributed by atoms with Crippen LogP contribution in [-0.2, 0) is 10.0 Å². The fourth-order valence-electron chi connectivity index (χ4n) is 2.87. The Balaban J connectivity index is 1.87. The Hall–Kier alpha value is -2.93. The predicted molar refractivity (Wildman–Crippen MR) is 120 cm³/mol. The third kappa shape index (κ3) is 5.16. The number of anilines is 2. The van der Waals surface area contributed by atoms with Gasteiger partial charge in [-0.05, 0) is 49.7 Å². The van der Waals surface area contributed by atoms with E-state index < -0.39 is 10.0 Å². The number of carbonyl (C=O) groups is 1. The van der Waals surface area contributed by atoms with Crippen molar-refractivity contribution >= 4 is 50.2 Å². The summed E-state index contributed by atoms with van der Waals surface area (Å²) < 4.78 is 25.2. The summed E-state index contributed by atoms with van der Waals surface area (Å²) in [6.07, 6.45) is 2.53. The molecule has 1 aromatic carbocycles. The molecule has 3 rings (SSSR count). The fourth-order valence-corrected chi connectivity index (χ4v) is 4.57. The van der Waals surface area contributed by atoms with E-state index in [9.17, 15) is 13.2 Å². The molecule has 10 heteroatoms. The van der Waals surface area contributed by atoms with Crippen molar-refractivity contribution in [2.24, 2.45) is 0 Å². The van der Waals surface area contributed by atoms with Crippen molar-refractivity contribution in [3.8, 4) is 17.3 Å². The van der Waals surface area contributed by atoms with E-state index in [4.69, 9.17) is 16.9 Å². The number of aromatic nitrogens is 1. The first-order chi connectivity index (χ1) is 14.1. The number of benzene rings is 1. The van der Waals surface area contributed by atoms with E-state index in [-0.39, 0.29) is 16.6 Å². The van der Waals surface area contributed by atoms with E-state index in [1.54, 1.807) is 12.1 Å². The van der Waals surface area contributed by atoms with Gasteiger partial charge in [0.05, 0.1) is 28.1 Å². The molecule has 0 aliphatic rings. The molecule has 7 nitrogen and oxygen atoms in total. The summed E-state index contributed by atoms with van der Waals surface area (Å²) in [6.45, 7) is 3.76. The van der Waals surface area contributed by atoms with Crippen LogP contribution in [0.5, 0.6) is 0 Å². The van der Waals surface area contributed by atoms with Crippen LogP contribution in [0.1, 0.15) is 25.7 Å². The van der Waals surface area contributed by atoms with Gasteiger partial charge in [0.25, 0.3) is 5.91 Å². The third-order valence-corrected chi connectivity index (χ3v) is 5.94. The van der Waals surface area contributed by atoms with Gasteiger partial charge in [0.15, 0.2) is 0 Å². The zero-order valence-electron chi connectivity index (χ0n) is 16.3. The molecule has 2 N–H and O–H groups in total. The van der Waals surface area contributed by atoms with Gasteiger partial charge in [-0.1, -0.05) is 11.6 Å². The number of aryl methyl sites for hydroxylation is 2. The predicted octanol–water partition coefficient (Wildman–Crippen LogP) is 4.58. The van der Waals surface area contributed by atoms with Crippen LogP contribution >= 0.6 is 22.9 Å². The van der Waals surface area contributed by atoms with Crippen molar-refractivity contribution in [2.75, 3.05) is 16.3 Å². The molecule has 2 aromatic heterocycles. The Morgan fingerprint density at radius 1 is 1.17 bits per heavy atom. The zero-order valence-corrected chi connectivity index (χ0v) is 18.7. The maximum atomic E-state index is 12.8. The van der Waals surface area contributed by atoms with Crippen molar-refractivity contribution in [3.63, 3.8) is 0 Å². The summed E-state index contributed by atoms with van der Waals surface area (Å²) in [5.74, 6) is -0.353. The lowest BCUT2D eigenvalue weighted by Crippen LogP contribution is -2.12. The van der Waals surface area contributed by atoms with E-state index in [0.717, 1.165) is 22.3 Å². The summed E-state index contributed by atoms with van der Waals surface area (Å²) in [5.41, 5.74) is 3.45. The first-order valence-electron chi connectivity index (χ1n) is 8.63. The van der Waals surface area contributed by atoms with Crippen LogP contribution in [-0.4, -0.2) is 25.6 Å². The molecular weight excluding hydrogens is 444 g/mol. The van der Waals surface area contributed by atoms with Crippen LogP contribution < -0.4 is 10.0 Å². The normalized spacial score (nSPS) is 11.0. The minimum absolute atomic E-state index is 0.251. The lowest BCUT2D eigenvalue weighted by Gasteiger charge is -2.09. The van der Waals surface area contributed by atoms with E-state index in [0.29, 0.717) is 21.8 Å². The lowest BCUT2D eigenvalue weighted by atomic mass is 10.1. The van der Waals surface area contributed by atoms with E-state index in [1.165, 1.54) is 35.7 Å². The Labute approximate surface area is 183 Å². The van der Waals surface area contributed by atoms with Crippen molar-refractivity contribution < 1.29 is 13.2 Å². The largest absolute Gasteiger partial charge is 0.321 e. The number of pyridine rings is 1. The average Bonchev–Trinajstić information content (AvgIpc) is 3.01. The van der Waals surface area contributed by atoms with Gasteiger partial charge in [0, 0.05) is 27.3 Å². The molecule has 0 aliphatic carbocycles. The Bertz CT molecular complexity index is 1290. The molecule has 0 atom stereocenters. The zero-order chi connectivity index (χ0) is 22.1. The number of nitrogens with one attached hydrogen (secondary N) is 2. The molecular formula is C20H17ClN4O3S2. The molecule has 0 aliphatic heterocycles. The highest BCUT2D eigenvalue weighted by molar-refractivity contribution is 7.92. The Morgan fingerprint density at radius 3 is 2.50 bits per heavy atom. The van der Waals surface area contributed by atoms with Gasteiger partial charge >= 0.3 is 0 Å². The highest BCUT2D eigenvalue weighted by atomic mass is 35.5. The number of hydrogen-bond donors (Lipinski definition) is 2. The van der Waals surface area contributed by atoms with E-state index in [2.05, 4.69) is 21.1 Å². The number of sulfonamides is 1. The molecule has 0 bridgehead atoms. The molecule has 0 saturated carbocycles. The van der Waals surface area contributed by atoms with Gasteiger partial charge in [-0.2, -0.15) is 5.26 Å².